The van der Waals surface area contributed by atoms with Crippen LogP contribution in [0.25, 0.3) is 11.3 Å². The Labute approximate surface area is 206 Å². The number of hydrazone groups is 1. The Kier molecular flexibility index (Phi) is 6.53. The number of halogens is 1. The van der Waals surface area contributed by atoms with Crippen molar-refractivity contribution in [2.75, 3.05) is 28.7 Å². The number of hydrogen-bond donors (Lipinski definition) is 2. The Morgan fingerprint density at radius 2 is 1.76 bits per heavy atom. The van der Waals surface area contributed by atoms with Crippen molar-refractivity contribution in [2.45, 2.75) is 19.8 Å². The number of hydrogen-bond acceptors (Lipinski definition) is 8. The summed E-state index contributed by atoms with van der Waals surface area (Å²) in [6, 6.07) is 19.8. The highest BCUT2D eigenvalue weighted by Gasteiger charge is 2.17. The summed E-state index contributed by atoms with van der Waals surface area (Å²) in [5, 5.41) is 7.53. The van der Waals surface area contributed by atoms with Crippen molar-refractivity contribution in [1.29, 1.82) is 0 Å². The second-order valence-electron chi connectivity index (χ2n) is 8.02. The largest absolute Gasteiger partial charge is 0.455 e. The molecule has 0 unspecified atom stereocenters. The number of nitrogens with zero attached hydrogens (tertiary/aromatic N) is 5. The normalized spacial score (nSPS) is 13.5. The van der Waals surface area contributed by atoms with E-state index in [0.717, 1.165) is 47.4 Å². The minimum Gasteiger partial charge on any atom is -0.455 e. The third kappa shape index (κ3) is 5.26. The van der Waals surface area contributed by atoms with Crippen molar-refractivity contribution in [2.24, 2.45) is 5.10 Å². The van der Waals surface area contributed by atoms with Gasteiger partial charge in [0.2, 0.25) is 17.8 Å². The molecule has 2 N–H and O–H groups in total. The zero-order valence-corrected chi connectivity index (χ0v) is 20.3. The van der Waals surface area contributed by atoms with E-state index in [0.29, 0.717) is 23.6 Å². The summed E-state index contributed by atoms with van der Waals surface area (Å²) in [6.07, 6.45) is 3.87. The third-order valence-electron chi connectivity index (χ3n) is 5.42. The molecule has 4 aromatic rings. The molecule has 1 aliphatic heterocycles. The molecular formula is C25H24BrN7O. The first-order chi connectivity index (χ1) is 16.6. The van der Waals surface area contributed by atoms with Gasteiger partial charge in [-0.15, -0.1) is 0 Å². The quantitative estimate of drug-likeness (QED) is 0.229. The Morgan fingerprint density at radius 1 is 0.971 bits per heavy atom. The summed E-state index contributed by atoms with van der Waals surface area (Å²) < 4.78 is 6.93. The van der Waals surface area contributed by atoms with E-state index >= 15 is 0 Å². The van der Waals surface area contributed by atoms with Crippen LogP contribution in [-0.2, 0) is 0 Å². The summed E-state index contributed by atoms with van der Waals surface area (Å²) in [4.78, 5) is 15.8. The maximum Gasteiger partial charge on any atom is 0.250 e. The van der Waals surface area contributed by atoms with Gasteiger partial charge in [0, 0.05) is 28.8 Å². The van der Waals surface area contributed by atoms with Crippen molar-refractivity contribution in [3.63, 3.8) is 0 Å². The van der Waals surface area contributed by atoms with Gasteiger partial charge in [-0.1, -0.05) is 40.2 Å². The van der Waals surface area contributed by atoms with E-state index in [2.05, 4.69) is 70.7 Å². The molecule has 0 bridgehead atoms. The molecule has 3 heterocycles. The van der Waals surface area contributed by atoms with Gasteiger partial charge in [-0.25, -0.2) is 5.43 Å². The fraction of sp³-hybridized carbons (Fsp3) is 0.200. The summed E-state index contributed by atoms with van der Waals surface area (Å²) in [6.45, 7) is 3.92. The van der Waals surface area contributed by atoms with Crippen LogP contribution in [0.5, 0.6) is 0 Å². The van der Waals surface area contributed by atoms with E-state index in [4.69, 9.17) is 4.42 Å². The molecule has 1 aliphatic rings. The first kappa shape index (κ1) is 22.1. The van der Waals surface area contributed by atoms with Gasteiger partial charge < -0.3 is 14.6 Å². The topological polar surface area (TPSA) is 91.5 Å². The maximum atomic E-state index is 5.94. The summed E-state index contributed by atoms with van der Waals surface area (Å²) in [7, 11) is 0. The maximum absolute atomic E-state index is 5.94. The lowest BCUT2D eigenvalue weighted by atomic mass is 10.1. The van der Waals surface area contributed by atoms with Crippen LogP contribution in [0.15, 0.2) is 74.7 Å². The number of nitrogens with one attached hydrogen (secondary N) is 2. The first-order valence-corrected chi connectivity index (χ1v) is 11.9. The van der Waals surface area contributed by atoms with Gasteiger partial charge in [-0.05, 0) is 61.7 Å². The molecular weight excluding hydrogens is 494 g/mol. The van der Waals surface area contributed by atoms with Gasteiger partial charge in [0.05, 0.1) is 6.21 Å². The average molecular weight is 518 g/mol. The lowest BCUT2D eigenvalue weighted by molar-refractivity contribution is 0.574. The van der Waals surface area contributed by atoms with Crippen molar-refractivity contribution < 1.29 is 4.42 Å². The van der Waals surface area contributed by atoms with Gasteiger partial charge in [0.1, 0.15) is 11.5 Å². The Morgan fingerprint density at radius 3 is 2.56 bits per heavy atom. The number of benzene rings is 2. The van der Waals surface area contributed by atoms with E-state index in [1.807, 2.05) is 48.5 Å². The van der Waals surface area contributed by atoms with Gasteiger partial charge in [-0.2, -0.15) is 20.1 Å². The van der Waals surface area contributed by atoms with Crippen LogP contribution < -0.4 is 15.6 Å². The monoisotopic (exact) mass is 517 g/mol. The van der Waals surface area contributed by atoms with Crippen LogP contribution in [0.1, 0.15) is 24.2 Å². The minimum absolute atomic E-state index is 0.361. The molecule has 2 aromatic heterocycles. The van der Waals surface area contributed by atoms with Crippen LogP contribution in [0.2, 0.25) is 0 Å². The van der Waals surface area contributed by atoms with E-state index in [9.17, 15) is 0 Å². The van der Waals surface area contributed by atoms with Crippen molar-refractivity contribution in [3.8, 4) is 11.3 Å². The smallest absolute Gasteiger partial charge is 0.250 e. The molecule has 0 spiro atoms. The number of aryl methyl sites for hydroxylation is 1. The SMILES string of the molecule is Cc1ccc(-c2ccc(/C=N\Nc3nc(Nc4ccccc4)nc(N4CCCC4)n3)o2)c(Br)c1. The number of para-hydroxylation sites is 1. The Bertz CT molecular complexity index is 1300. The molecule has 9 heteroatoms. The number of anilines is 4. The molecule has 0 amide bonds. The van der Waals surface area contributed by atoms with Gasteiger partial charge in [0.15, 0.2) is 0 Å². The predicted octanol–water partition coefficient (Wildman–Crippen LogP) is 5.99. The first-order valence-electron chi connectivity index (χ1n) is 11.1. The molecule has 2 aromatic carbocycles. The van der Waals surface area contributed by atoms with E-state index in [-0.39, 0.29) is 0 Å². The molecule has 172 valence electrons. The highest BCUT2D eigenvalue weighted by atomic mass is 79.9. The second-order valence-corrected chi connectivity index (χ2v) is 8.88. The zero-order valence-electron chi connectivity index (χ0n) is 18.7. The van der Waals surface area contributed by atoms with Crippen LogP contribution in [-0.4, -0.2) is 34.3 Å². The number of aromatic nitrogens is 3. The number of furan rings is 1. The molecule has 5 rings (SSSR count). The fourth-order valence-electron chi connectivity index (χ4n) is 3.72. The molecule has 34 heavy (non-hydrogen) atoms. The van der Waals surface area contributed by atoms with Gasteiger partial charge >= 0.3 is 0 Å². The molecule has 0 saturated carbocycles. The van der Waals surface area contributed by atoms with Crippen LogP contribution >= 0.6 is 15.9 Å². The molecule has 8 nitrogen and oxygen atoms in total. The zero-order chi connectivity index (χ0) is 23.3. The fourth-order valence-corrected chi connectivity index (χ4v) is 4.41. The highest BCUT2D eigenvalue weighted by molar-refractivity contribution is 9.10. The van der Waals surface area contributed by atoms with Crippen molar-refractivity contribution in [1.82, 2.24) is 15.0 Å². The minimum atomic E-state index is 0.361. The second kappa shape index (κ2) is 10.0. The van der Waals surface area contributed by atoms with Crippen molar-refractivity contribution >= 4 is 45.7 Å². The molecule has 1 fully saturated rings. The Balaban J connectivity index is 1.33. The third-order valence-corrected chi connectivity index (χ3v) is 6.07. The predicted molar refractivity (Wildman–Crippen MR) is 139 cm³/mol. The molecule has 1 saturated heterocycles. The van der Waals surface area contributed by atoms with Crippen LogP contribution in [0.3, 0.4) is 0 Å². The van der Waals surface area contributed by atoms with Crippen LogP contribution in [0.4, 0.5) is 23.5 Å². The lowest BCUT2D eigenvalue weighted by Gasteiger charge is -2.16. The molecule has 0 radical (unpaired) electrons. The van der Waals surface area contributed by atoms with E-state index < -0.39 is 0 Å². The summed E-state index contributed by atoms with van der Waals surface area (Å²) in [5.74, 6) is 2.84. The van der Waals surface area contributed by atoms with Crippen molar-refractivity contribution in [3.05, 3.63) is 76.5 Å². The lowest BCUT2D eigenvalue weighted by Crippen LogP contribution is -2.21. The van der Waals surface area contributed by atoms with E-state index in [1.54, 1.807) is 6.21 Å². The average Bonchev–Trinajstić information content (AvgIpc) is 3.52. The number of rotatable bonds is 7. The van der Waals surface area contributed by atoms with E-state index in [1.165, 1.54) is 5.56 Å². The Hall–Kier alpha value is -3.72. The standard InChI is InChI=1S/C25H24BrN7O/c1-17-9-11-20(21(26)15-17)22-12-10-19(34-22)16-27-32-24-29-23(28-18-7-3-2-4-8-18)30-25(31-24)33-13-5-6-14-33/h2-4,7-12,15-16H,5-6,13-14H2,1H3,(H2,28,29,30,31,32)/b27-16-. The molecule has 0 atom stereocenters. The van der Waals surface area contributed by atoms with Gasteiger partial charge in [0.25, 0.3) is 0 Å². The summed E-state index contributed by atoms with van der Waals surface area (Å²) in [5.41, 5.74) is 5.99. The molecule has 0 aliphatic carbocycles. The van der Waals surface area contributed by atoms with Gasteiger partial charge in [-0.3, -0.25) is 0 Å². The highest BCUT2D eigenvalue weighted by Crippen LogP contribution is 2.30. The summed E-state index contributed by atoms with van der Waals surface area (Å²) >= 11 is 3.60. The van der Waals surface area contributed by atoms with Crippen LogP contribution in [0, 0.1) is 6.92 Å².